The zero-order valence-corrected chi connectivity index (χ0v) is 16.3. The van der Waals surface area contributed by atoms with E-state index in [-0.39, 0.29) is 16.6 Å². The molecule has 9 heteroatoms. The summed E-state index contributed by atoms with van der Waals surface area (Å²) >= 11 is 0. The summed E-state index contributed by atoms with van der Waals surface area (Å²) in [4.78, 5) is 16.3. The fraction of sp³-hybridized carbons (Fsp3) is 0.500. The molecule has 0 saturated heterocycles. The van der Waals surface area contributed by atoms with Crippen molar-refractivity contribution in [3.8, 4) is 17.0 Å². The number of nitrogens with one attached hydrogen (secondary N) is 1. The number of aromatic hydroxyl groups is 1. The Morgan fingerprint density at radius 2 is 1.90 bits per heavy atom. The number of carbonyl (C=O) groups excluding carboxylic acids is 1. The molecule has 0 aliphatic heterocycles. The molecule has 3 aliphatic rings. The fourth-order valence-electron chi connectivity index (χ4n) is 4.31. The second-order valence-corrected chi connectivity index (χ2v) is 9.06. The van der Waals surface area contributed by atoms with Gasteiger partial charge in [-0.15, -0.1) is 0 Å². The molecule has 3 fully saturated rings. The third kappa shape index (κ3) is 3.42. The number of alkyl halides is 3. The molecule has 2 bridgehead atoms. The highest BCUT2D eigenvalue weighted by molar-refractivity contribution is 5.70. The number of carbonyl (C=O) groups is 1. The molecule has 0 unspecified atom stereocenters. The minimum atomic E-state index is -4.52. The monoisotopic (exact) mass is 409 g/mol. The lowest BCUT2D eigenvalue weighted by Crippen LogP contribution is -2.78. The summed E-state index contributed by atoms with van der Waals surface area (Å²) in [5.41, 5.74) is -1.27. The number of imidazole rings is 1. The van der Waals surface area contributed by atoms with Crippen LogP contribution < -0.4 is 5.32 Å². The molecule has 0 spiro atoms. The van der Waals surface area contributed by atoms with E-state index in [4.69, 9.17) is 4.74 Å². The first-order chi connectivity index (χ1) is 13.3. The summed E-state index contributed by atoms with van der Waals surface area (Å²) < 4.78 is 45.5. The van der Waals surface area contributed by atoms with Crippen molar-refractivity contribution >= 4 is 6.09 Å². The number of rotatable bonds is 3. The Balaban J connectivity index is 1.44. The maximum absolute atomic E-state index is 12.8. The maximum atomic E-state index is 12.8. The normalized spacial score (nSPS) is 25.7. The molecule has 0 radical (unpaired) electrons. The standard InChI is InChI=1S/C20H22F3N3O3/c1-17(2,3)29-16(28)25-18-8-19(9-18,10-18)26-7-14(24-11-26)13-5-4-12(6-15(13)27)20(21,22)23/h4-7,11,27H,8-10H2,1-3H3,(H,25,28). The first kappa shape index (κ1) is 19.6. The topological polar surface area (TPSA) is 76.4 Å². The zero-order valence-electron chi connectivity index (χ0n) is 16.3. The molecule has 5 rings (SSSR count). The van der Waals surface area contributed by atoms with E-state index in [2.05, 4.69) is 10.3 Å². The molecule has 0 atom stereocenters. The number of alkyl carbamates (subject to hydrolysis) is 1. The number of benzene rings is 1. The molecule has 1 aromatic carbocycles. The predicted octanol–water partition coefficient (Wildman–Crippen LogP) is 4.43. The van der Waals surface area contributed by atoms with Gasteiger partial charge in [0.15, 0.2) is 0 Å². The van der Waals surface area contributed by atoms with Crippen LogP contribution in [0.4, 0.5) is 18.0 Å². The van der Waals surface area contributed by atoms with E-state index < -0.39 is 29.2 Å². The van der Waals surface area contributed by atoms with Gasteiger partial charge in [0.1, 0.15) is 11.4 Å². The number of amides is 1. The smallest absolute Gasteiger partial charge is 0.416 e. The van der Waals surface area contributed by atoms with Crippen molar-refractivity contribution in [2.24, 2.45) is 0 Å². The van der Waals surface area contributed by atoms with Crippen LogP contribution >= 0.6 is 0 Å². The lowest BCUT2D eigenvalue weighted by atomic mass is 9.44. The first-order valence-electron chi connectivity index (χ1n) is 9.27. The molecule has 6 nitrogen and oxygen atoms in total. The van der Waals surface area contributed by atoms with E-state index in [1.54, 1.807) is 33.3 Å². The van der Waals surface area contributed by atoms with Gasteiger partial charge in [-0.3, -0.25) is 0 Å². The summed E-state index contributed by atoms with van der Waals surface area (Å²) in [5, 5.41) is 13.0. The van der Waals surface area contributed by atoms with Gasteiger partial charge in [-0.1, -0.05) is 0 Å². The Kier molecular flexibility index (Phi) is 3.99. The molecular weight excluding hydrogens is 387 g/mol. The molecule has 1 amide bonds. The molecule has 1 heterocycles. The van der Waals surface area contributed by atoms with E-state index in [0.29, 0.717) is 11.8 Å². The number of halogens is 3. The van der Waals surface area contributed by atoms with Crippen LogP contribution in [-0.4, -0.2) is 31.9 Å². The van der Waals surface area contributed by atoms with Crippen molar-refractivity contribution in [2.45, 2.75) is 62.9 Å². The molecule has 3 aliphatic carbocycles. The average Bonchev–Trinajstić information content (AvgIpc) is 2.96. The number of nitrogens with zero attached hydrogens (tertiary/aromatic N) is 2. The summed E-state index contributed by atoms with van der Waals surface area (Å²) in [5.74, 6) is -0.467. The van der Waals surface area contributed by atoms with Crippen molar-refractivity contribution in [1.29, 1.82) is 0 Å². The van der Waals surface area contributed by atoms with Crippen LogP contribution in [0.3, 0.4) is 0 Å². The van der Waals surface area contributed by atoms with Gasteiger partial charge in [-0.2, -0.15) is 13.2 Å². The van der Waals surface area contributed by atoms with Gasteiger partial charge >= 0.3 is 12.3 Å². The second-order valence-electron chi connectivity index (χ2n) is 9.06. The van der Waals surface area contributed by atoms with Crippen LogP contribution in [0.15, 0.2) is 30.7 Å². The SMILES string of the molecule is CC(C)(C)OC(=O)NC12CC(n3cnc(-c4ccc(C(F)(F)F)cc4O)c3)(C1)C2. The molecule has 2 aromatic rings. The van der Waals surface area contributed by atoms with Crippen LogP contribution in [0.2, 0.25) is 0 Å². The third-order valence-corrected chi connectivity index (χ3v) is 5.50. The van der Waals surface area contributed by atoms with Crippen LogP contribution in [0.25, 0.3) is 11.3 Å². The molecule has 29 heavy (non-hydrogen) atoms. The van der Waals surface area contributed by atoms with Gasteiger partial charge in [0, 0.05) is 11.8 Å². The summed E-state index contributed by atoms with van der Waals surface area (Å²) in [7, 11) is 0. The van der Waals surface area contributed by atoms with Gasteiger partial charge in [0.25, 0.3) is 0 Å². The average molecular weight is 409 g/mol. The number of hydrogen-bond donors (Lipinski definition) is 2. The Labute approximate surface area is 165 Å². The molecule has 1 aromatic heterocycles. The molecule has 156 valence electrons. The highest BCUT2D eigenvalue weighted by Gasteiger charge is 2.70. The van der Waals surface area contributed by atoms with Crippen molar-refractivity contribution in [3.05, 3.63) is 36.3 Å². The van der Waals surface area contributed by atoms with Gasteiger partial charge in [-0.25, -0.2) is 9.78 Å². The van der Waals surface area contributed by atoms with Crippen molar-refractivity contribution in [3.63, 3.8) is 0 Å². The number of hydrogen-bond acceptors (Lipinski definition) is 4. The first-order valence-corrected chi connectivity index (χ1v) is 9.27. The zero-order chi connectivity index (χ0) is 21.2. The minimum Gasteiger partial charge on any atom is -0.507 e. The Morgan fingerprint density at radius 1 is 1.24 bits per heavy atom. The van der Waals surface area contributed by atoms with E-state index in [0.717, 1.165) is 25.3 Å². The summed E-state index contributed by atoms with van der Waals surface area (Å²) in [6, 6.07) is 2.85. The largest absolute Gasteiger partial charge is 0.507 e. The van der Waals surface area contributed by atoms with Crippen LogP contribution in [0.1, 0.15) is 45.6 Å². The van der Waals surface area contributed by atoms with Crippen LogP contribution in [0.5, 0.6) is 5.75 Å². The van der Waals surface area contributed by atoms with Crippen molar-refractivity contribution in [1.82, 2.24) is 14.9 Å². The van der Waals surface area contributed by atoms with Gasteiger partial charge in [0.05, 0.1) is 28.7 Å². The maximum Gasteiger partial charge on any atom is 0.416 e. The Morgan fingerprint density at radius 3 is 2.45 bits per heavy atom. The number of aromatic nitrogens is 2. The summed E-state index contributed by atoms with van der Waals surface area (Å²) in [6.45, 7) is 5.42. The van der Waals surface area contributed by atoms with E-state index in [1.807, 2.05) is 4.57 Å². The van der Waals surface area contributed by atoms with Crippen LogP contribution in [0, 0.1) is 0 Å². The lowest BCUT2D eigenvalue weighted by Gasteiger charge is -2.70. The van der Waals surface area contributed by atoms with E-state index >= 15 is 0 Å². The lowest BCUT2D eigenvalue weighted by molar-refractivity contribution is -0.137. The van der Waals surface area contributed by atoms with Gasteiger partial charge in [-0.05, 0) is 58.2 Å². The third-order valence-electron chi connectivity index (χ3n) is 5.50. The van der Waals surface area contributed by atoms with Crippen LogP contribution in [-0.2, 0) is 16.5 Å². The fourth-order valence-corrected chi connectivity index (χ4v) is 4.31. The van der Waals surface area contributed by atoms with Gasteiger partial charge in [0.2, 0.25) is 0 Å². The molecule has 2 N–H and O–H groups in total. The van der Waals surface area contributed by atoms with Crippen molar-refractivity contribution in [2.75, 3.05) is 0 Å². The molecular formula is C20H22F3N3O3. The number of ether oxygens (including phenoxy) is 1. The highest BCUT2D eigenvalue weighted by Crippen LogP contribution is 2.65. The molecule has 3 saturated carbocycles. The van der Waals surface area contributed by atoms with Crippen molar-refractivity contribution < 1.29 is 27.8 Å². The minimum absolute atomic E-state index is 0.165. The highest BCUT2D eigenvalue weighted by atomic mass is 19.4. The van der Waals surface area contributed by atoms with E-state index in [9.17, 15) is 23.1 Å². The van der Waals surface area contributed by atoms with E-state index in [1.165, 1.54) is 6.07 Å². The number of phenols is 1. The second kappa shape index (κ2) is 5.90. The number of phenolic OH excluding ortho intramolecular Hbond substituents is 1. The van der Waals surface area contributed by atoms with Gasteiger partial charge < -0.3 is 19.7 Å². The Hall–Kier alpha value is -2.71. The predicted molar refractivity (Wildman–Crippen MR) is 98.3 cm³/mol. The quantitative estimate of drug-likeness (QED) is 0.786. The summed E-state index contributed by atoms with van der Waals surface area (Å²) in [6.07, 6.45) is 0.570. The Bertz CT molecular complexity index is 956.